The molecule has 2 aromatic carbocycles. The molecule has 5 nitrogen and oxygen atoms in total. The van der Waals surface area contributed by atoms with E-state index in [9.17, 15) is 14.0 Å². The van der Waals surface area contributed by atoms with Crippen LogP contribution < -0.4 is 5.43 Å². The smallest absolute Gasteiger partial charge is 0.259 e. The van der Waals surface area contributed by atoms with Crippen LogP contribution in [0.3, 0.4) is 0 Å². The summed E-state index contributed by atoms with van der Waals surface area (Å²) in [5, 5.41) is 0.231. The number of benzene rings is 2. The number of carbonyl (C=O) groups excluding carboxylic acids is 1. The Balaban J connectivity index is 1.75. The normalized spacial score (nSPS) is 17.8. The summed E-state index contributed by atoms with van der Waals surface area (Å²) in [6.07, 6.45) is 0.320. The number of aryl methyl sites for hydroxylation is 1. The molecule has 0 spiro atoms. The number of amides is 1. The maximum absolute atomic E-state index is 14.8. The molecule has 0 unspecified atom stereocenters. The van der Waals surface area contributed by atoms with Crippen LogP contribution in [0.5, 0.6) is 0 Å². The first-order valence-electron chi connectivity index (χ1n) is 10.8. The van der Waals surface area contributed by atoms with Gasteiger partial charge in [0.2, 0.25) is 0 Å². The Hall–Kier alpha value is -2.61. The van der Waals surface area contributed by atoms with Crippen LogP contribution in [0.25, 0.3) is 5.69 Å². The van der Waals surface area contributed by atoms with E-state index in [-0.39, 0.29) is 28.0 Å². The maximum Gasteiger partial charge on any atom is 0.259 e. The molecule has 0 saturated carbocycles. The number of fused-ring (bicyclic) bond motifs is 3. The zero-order valence-corrected chi connectivity index (χ0v) is 19.6. The van der Waals surface area contributed by atoms with Crippen LogP contribution in [0.2, 0.25) is 5.02 Å². The van der Waals surface area contributed by atoms with Gasteiger partial charge in [0.1, 0.15) is 11.4 Å². The number of hydrogen-bond acceptors (Lipinski definition) is 4. The molecular weight excluding hydrogens is 463 g/mol. The van der Waals surface area contributed by atoms with Gasteiger partial charge in [-0.25, -0.2) is 4.39 Å². The van der Waals surface area contributed by atoms with Gasteiger partial charge in [0, 0.05) is 57.7 Å². The van der Waals surface area contributed by atoms with Gasteiger partial charge in [0.05, 0.1) is 18.9 Å². The van der Waals surface area contributed by atoms with Crippen molar-refractivity contribution >= 4 is 29.3 Å². The van der Waals surface area contributed by atoms with Gasteiger partial charge >= 0.3 is 0 Å². The number of carbonyl (C=O) groups is 1. The van der Waals surface area contributed by atoms with E-state index in [2.05, 4.69) is 0 Å². The molecule has 0 bridgehead atoms. The highest BCUT2D eigenvalue weighted by atomic mass is 35.5. The summed E-state index contributed by atoms with van der Waals surface area (Å²) in [5.74, 6) is -0.621. The molecule has 3 aromatic rings. The van der Waals surface area contributed by atoms with Crippen molar-refractivity contribution in [3.63, 3.8) is 0 Å². The Morgan fingerprint density at radius 3 is 2.67 bits per heavy atom. The average molecular weight is 485 g/mol. The van der Waals surface area contributed by atoms with Gasteiger partial charge in [0.15, 0.2) is 5.43 Å². The van der Waals surface area contributed by atoms with Gasteiger partial charge in [-0.3, -0.25) is 9.59 Å². The van der Waals surface area contributed by atoms with E-state index in [4.69, 9.17) is 16.3 Å². The van der Waals surface area contributed by atoms with Crippen molar-refractivity contribution in [2.24, 2.45) is 0 Å². The molecule has 1 saturated heterocycles. The first-order valence-corrected chi connectivity index (χ1v) is 12.0. The number of pyridine rings is 1. The lowest BCUT2D eigenvalue weighted by molar-refractivity contribution is 0.0300. The molecule has 0 radical (unpaired) electrons. The molecule has 1 fully saturated rings. The zero-order chi connectivity index (χ0) is 23.1. The second-order valence-electron chi connectivity index (χ2n) is 8.16. The largest absolute Gasteiger partial charge is 0.378 e. The Labute approximate surface area is 200 Å². The summed E-state index contributed by atoms with van der Waals surface area (Å²) in [6.45, 7) is 3.60. The number of nitrogens with zero attached hydrogens (tertiary/aromatic N) is 2. The van der Waals surface area contributed by atoms with Gasteiger partial charge in [-0.1, -0.05) is 29.8 Å². The fraction of sp³-hybridized carbons (Fsp3) is 0.280. The van der Waals surface area contributed by atoms with Crippen LogP contribution in [0.15, 0.2) is 58.2 Å². The monoisotopic (exact) mass is 484 g/mol. The quantitative estimate of drug-likeness (QED) is 0.524. The Morgan fingerprint density at radius 2 is 1.91 bits per heavy atom. The summed E-state index contributed by atoms with van der Waals surface area (Å²) < 4.78 is 22.2. The minimum Gasteiger partial charge on any atom is -0.378 e. The molecular formula is C25H22ClFN2O3S. The summed E-state index contributed by atoms with van der Waals surface area (Å²) in [5.41, 5.74) is 2.50. The second-order valence-corrected chi connectivity index (χ2v) is 9.84. The van der Waals surface area contributed by atoms with E-state index in [1.807, 2.05) is 23.6 Å². The SMILES string of the molecule is Cc1cc(=O)c(C(=O)N2CCOCC2)c2n1-c1ccc(Cl)cc1S[C@@H](c1ccccc1F)C2. The molecule has 1 atom stereocenters. The van der Waals surface area contributed by atoms with Crippen molar-refractivity contribution in [3.05, 3.63) is 92.1 Å². The van der Waals surface area contributed by atoms with Crippen molar-refractivity contribution in [2.45, 2.75) is 23.5 Å². The van der Waals surface area contributed by atoms with E-state index in [0.717, 1.165) is 10.6 Å². The van der Waals surface area contributed by atoms with Crippen LogP contribution >= 0.6 is 23.4 Å². The summed E-state index contributed by atoms with van der Waals surface area (Å²) in [7, 11) is 0. The summed E-state index contributed by atoms with van der Waals surface area (Å²) >= 11 is 7.81. The molecule has 1 aromatic heterocycles. The standard InChI is InChI=1S/C25H22ClFN2O3S/c1-15-12-21(30)24(25(31)28-8-10-32-11-9-28)20-14-22(17-4-2-3-5-18(17)27)33-23-13-16(26)6-7-19(23)29(15)20/h2-7,12-13,22H,8-11,14H2,1H3/t22-/m1/s1. The molecule has 8 heteroatoms. The minimum atomic E-state index is -0.338. The predicted molar refractivity (Wildman–Crippen MR) is 127 cm³/mol. The van der Waals surface area contributed by atoms with Crippen LogP contribution in [-0.2, 0) is 11.2 Å². The van der Waals surface area contributed by atoms with Gasteiger partial charge < -0.3 is 14.2 Å². The number of aromatic nitrogens is 1. The molecule has 33 heavy (non-hydrogen) atoms. The number of rotatable bonds is 2. The second kappa shape index (κ2) is 8.97. The first kappa shape index (κ1) is 22.2. The van der Waals surface area contributed by atoms with Crippen molar-refractivity contribution in [3.8, 4) is 5.69 Å². The Bertz CT molecular complexity index is 1300. The maximum atomic E-state index is 14.8. The van der Waals surface area contributed by atoms with Crippen LogP contribution in [0.1, 0.15) is 32.6 Å². The van der Waals surface area contributed by atoms with Crippen molar-refractivity contribution in [2.75, 3.05) is 26.3 Å². The number of hydrogen-bond donors (Lipinski definition) is 0. The lowest BCUT2D eigenvalue weighted by Crippen LogP contribution is -2.43. The molecule has 2 aliphatic heterocycles. The van der Waals surface area contributed by atoms with Gasteiger partial charge in [-0.05, 0) is 31.2 Å². The topological polar surface area (TPSA) is 51.5 Å². The molecule has 170 valence electrons. The minimum absolute atomic E-state index is 0.146. The highest BCUT2D eigenvalue weighted by molar-refractivity contribution is 7.99. The average Bonchev–Trinajstić information content (AvgIpc) is 2.96. The van der Waals surface area contributed by atoms with Crippen molar-refractivity contribution in [1.82, 2.24) is 9.47 Å². The summed E-state index contributed by atoms with van der Waals surface area (Å²) in [6, 6.07) is 13.7. The highest BCUT2D eigenvalue weighted by Crippen LogP contribution is 2.45. The highest BCUT2D eigenvalue weighted by Gasteiger charge is 2.32. The Kier molecular flexibility index (Phi) is 6.03. The van der Waals surface area contributed by atoms with Crippen molar-refractivity contribution in [1.29, 1.82) is 0 Å². The van der Waals surface area contributed by atoms with E-state index < -0.39 is 0 Å². The number of ether oxygens (including phenoxy) is 1. The van der Waals surface area contributed by atoms with E-state index >= 15 is 0 Å². The van der Waals surface area contributed by atoms with E-state index in [1.165, 1.54) is 23.9 Å². The lowest BCUT2D eigenvalue weighted by Gasteiger charge is -2.28. The van der Waals surface area contributed by atoms with Crippen LogP contribution in [-0.4, -0.2) is 41.7 Å². The van der Waals surface area contributed by atoms with Gasteiger partial charge in [0.25, 0.3) is 5.91 Å². The Morgan fingerprint density at radius 1 is 1.15 bits per heavy atom. The molecule has 0 aliphatic carbocycles. The third kappa shape index (κ3) is 4.09. The number of halogens is 2. The fourth-order valence-electron chi connectivity index (χ4n) is 4.52. The van der Waals surface area contributed by atoms with E-state index in [1.54, 1.807) is 29.2 Å². The van der Waals surface area contributed by atoms with Crippen molar-refractivity contribution < 1.29 is 13.9 Å². The first-order chi connectivity index (χ1) is 15.9. The van der Waals surface area contributed by atoms with Gasteiger partial charge in [-0.2, -0.15) is 0 Å². The molecule has 0 N–H and O–H groups in total. The molecule has 1 amide bonds. The number of thioether (sulfide) groups is 1. The lowest BCUT2D eigenvalue weighted by atomic mass is 10.0. The van der Waals surface area contributed by atoms with Gasteiger partial charge in [-0.15, -0.1) is 11.8 Å². The third-order valence-corrected chi connectivity index (χ3v) is 7.59. The molecule has 3 heterocycles. The van der Waals surface area contributed by atoms with Crippen LogP contribution in [0.4, 0.5) is 4.39 Å². The number of morpholine rings is 1. The van der Waals surface area contributed by atoms with E-state index in [0.29, 0.717) is 54.7 Å². The predicted octanol–water partition coefficient (Wildman–Crippen LogP) is 4.80. The zero-order valence-electron chi connectivity index (χ0n) is 18.0. The third-order valence-electron chi connectivity index (χ3n) is 6.07. The fourth-order valence-corrected chi connectivity index (χ4v) is 6.10. The summed E-state index contributed by atoms with van der Waals surface area (Å²) in [4.78, 5) is 29.3. The molecule has 2 aliphatic rings. The molecule has 5 rings (SSSR count). The van der Waals surface area contributed by atoms with Crippen LogP contribution in [0, 0.1) is 12.7 Å².